The Balaban J connectivity index is 1.73. The summed E-state index contributed by atoms with van der Waals surface area (Å²) in [4.78, 5) is 2.60. The standard InChI is InChI=1S/C16H32N4/c1-12-5-4-6-13(2)20(12)18-16(11-17)9-14-7-8-15(10-16)19(14)3/h12-15,18H,4-11,17H2,1-3H3. The van der Waals surface area contributed by atoms with Crippen LogP contribution in [0.5, 0.6) is 0 Å². The number of rotatable bonds is 3. The van der Waals surface area contributed by atoms with Crippen molar-refractivity contribution in [2.24, 2.45) is 5.73 Å². The summed E-state index contributed by atoms with van der Waals surface area (Å²) in [5.74, 6) is 0. The van der Waals surface area contributed by atoms with Crippen LogP contribution in [-0.2, 0) is 0 Å². The zero-order valence-electron chi connectivity index (χ0n) is 13.4. The molecular weight excluding hydrogens is 248 g/mol. The Bertz CT molecular complexity index is 321. The van der Waals surface area contributed by atoms with Crippen molar-refractivity contribution >= 4 is 0 Å². The molecule has 0 radical (unpaired) electrons. The summed E-state index contributed by atoms with van der Waals surface area (Å²) in [7, 11) is 2.30. The molecule has 0 aliphatic carbocycles. The molecule has 0 amide bonds. The average molecular weight is 280 g/mol. The van der Waals surface area contributed by atoms with Gasteiger partial charge in [0, 0.05) is 36.3 Å². The third-order valence-corrected chi connectivity index (χ3v) is 6.19. The highest BCUT2D eigenvalue weighted by Gasteiger charge is 2.47. The number of piperidine rings is 2. The first-order chi connectivity index (χ1) is 9.54. The number of nitrogens with zero attached hydrogens (tertiary/aromatic N) is 2. The van der Waals surface area contributed by atoms with Crippen molar-refractivity contribution < 1.29 is 0 Å². The summed E-state index contributed by atoms with van der Waals surface area (Å²) in [6.07, 6.45) is 9.13. The Kier molecular flexibility index (Phi) is 4.10. The average Bonchev–Trinajstić information content (AvgIpc) is 2.65. The van der Waals surface area contributed by atoms with Crippen LogP contribution in [-0.4, -0.2) is 53.2 Å². The molecule has 0 aromatic heterocycles. The van der Waals surface area contributed by atoms with Gasteiger partial charge in [0.05, 0.1) is 0 Å². The van der Waals surface area contributed by atoms with Gasteiger partial charge in [-0.25, -0.2) is 10.4 Å². The van der Waals surface area contributed by atoms with Gasteiger partial charge in [0.1, 0.15) is 0 Å². The Labute approximate surface area is 124 Å². The van der Waals surface area contributed by atoms with Crippen molar-refractivity contribution in [2.75, 3.05) is 13.6 Å². The molecule has 3 aliphatic rings. The molecule has 20 heavy (non-hydrogen) atoms. The third kappa shape index (κ3) is 2.52. The Morgan fingerprint density at radius 2 is 1.60 bits per heavy atom. The van der Waals surface area contributed by atoms with E-state index in [-0.39, 0.29) is 5.54 Å². The van der Waals surface area contributed by atoms with Gasteiger partial charge in [-0.15, -0.1) is 0 Å². The van der Waals surface area contributed by atoms with Crippen molar-refractivity contribution in [3.05, 3.63) is 0 Å². The number of hydrogen-bond acceptors (Lipinski definition) is 4. The van der Waals surface area contributed by atoms with E-state index in [4.69, 9.17) is 5.73 Å². The second-order valence-corrected chi connectivity index (χ2v) is 7.59. The SMILES string of the molecule is CC1CCCC(C)N1NC1(CN)CC2CCC(C1)N2C. The number of hydrogen-bond donors (Lipinski definition) is 2. The Morgan fingerprint density at radius 1 is 1.05 bits per heavy atom. The van der Waals surface area contributed by atoms with E-state index in [0.29, 0.717) is 12.1 Å². The van der Waals surface area contributed by atoms with E-state index in [9.17, 15) is 0 Å². The van der Waals surface area contributed by atoms with E-state index >= 15 is 0 Å². The maximum atomic E-state index is 6.24. The van der Waals surface area contributed by atoms with E-state index in [0.717, 1.165) is 18.6 Å². The number of nitrogens with two attached hydrogens (primary N) is 1. The minimum absolute atomic E-state index is 0.137. The molecule has 0 aromatic carbocycles. The third-order valence-electron chi connectivity index (χ3n) is 6.19. The summed E-state index contributed by atoms with van der Waals surface area (Å²) in [5, 5.41) is 2.53. The molecule has 4 heteroatoms. The minimum Gasteiger partial charge on any atom is -0.329 e. The highest BCUT2D eigenvalue weighted by molar-refractivity contribution is 5.05. The van der Waals surface area contributed by atoms with Gasteiger partial charge in [0.15, 0.2) is 0 Å². The predicted molar refractivity (Wildman–Crippen MR) is 83.3 cm³/mol. The van der Waals surface area contributed by atoms with E-state index in [1.165, 1.54) is 44.9 Å². The number of fused-ring (bicyclic) bond motifs is 2. The van der Waals surface area contributed by atoms with Crippen molar-refractivity contribution in [1.82, 2.24) is 15.3 Å². The topological polar surface area (TPSA) is 44.5 Å². The maximum absolute atomic E-state index is 6.24. The van der Waals surface area contributed by atoms with Crippen molar-refractivity contribution in [3.63, 3.8) is 0 Å². The molecule has 116 valence electrons. The Hall–Kier alpha value is -0.160. The van der Waals surface area contributed by atoms with Crippen LogP contribution in [0.2, 0.25) is 0 Å². The van der Waals surface area contributed by atoms with Crippen LogP contribution in [0.25, 0.3) is 0 Å². The molecule has 0 saturated carbocycles. The molecular formula is C16H32N4. The lowest BCUT2D eigenvalue weighted by atomic mass is 9.83. The Morgan fingerprint density at radius 3 is 2.10 bits per heavy atom. The molecule has 3 N–H and O–H groups in total. The highest BCUT2D eigenvalue weighted by Crippen LogP contribution is 2.40. The van der Waals surface area contributed by atoms with E-state index in [1.807, 2.05) is 0 Å². The van der Waals surface area contributed by atoms with Crippen LogP contribution < -0.4 is 11.2 Å². The first kappa shape index (κ1) is 14.8. The van der Waals surface area contributed by atoms with Gasteiger partial charge < -0.3 is 10.6 Å². The van der Waals surface area contributed by atoms with Gasteiger partial charge >= 0.3 is 0 Å². The molecule has 3 heterocycles. The van der Waals surface area contributed by atoms with E-state index in [2.05, 4.69) is 36.2 Å². The first-order valence-corrected chi connectivity index (χ1v) is 8.53. The van der Waals surface area contributed by atoms with Crippen molar-refractivity contribution in [2.45, 2.75) is 88.5 Å². The molecule has 0 spiro atoms. The molecule has 3 fully saturated rings. The van der Waals surface area contributed by atoms with Crippen LogP contribution in [0.3, 0.4) is 0 Å². The zero-order chi connectivity index (χ0) is 14.3. The first-order valence-electron chi connectivity index (χ1n) is 8.53. The van der Waals surface area contributed by atoms with Gasteiger partial charge in [-0.2, -0.15) is 0 Å². The monoisotopic (exact) mass is 280 g/mol. The van der Waals surface area contributed by atoms with E-state index < -0.39 is 0 Å². The zero-order valence-corrected chi connectivity index (χ0v) is 13.4. The molecule has 3 aliphatic heterocycles. The quantitative estimate of drug-likeness (QED) is 0.826. The fraction of sp³-hybridized carbons (Fsp3) is 1.00. The lowest BCUT2D eigenvalue weighted by Gasteiger charge is -2.51. The number of hydrazine groups is 1. The largest absolute Gasteiger partial charge is 0.329 e. The molecule has 3 rings (SSSR count). The predicted octanol–water partition coefficient (Wildman–Crippen LogP) is 1.71. The molecule has 4 atom stereocenters. The van der Waals surface area contributed by atoms with Crippen LogP contribution in [0.15, 0.2) is 0 Å². The fourth-order valence-corrected chi connectivity index (χ4v) is 4.79. The van der Waals surface area contributed by atoms with Gasteiger partial charge in [0.2, 0.25) is 0 Å². The maximum Gasteiger partial charge on any atom is 0.0478 e. The molecule has 4 unspecified atom stereocenters. The normalized spacial score (nSPS) is 46.8. The minimum atomic E-state index is 0.137. The molecule has 2 bridgehead atoms. The van der Waals surface area contributed by atoms with Gasteiger partial charge in [0.25, 0.3) is 0 Å². The summed E-state index contributed by atoms with van der Waals surface area (Å²) in [6.45, 7) is 5.48. The lowest BCUT2D eigenvalue weighted by Crippen LogP contribution is -2.67. The van der Waals surface area contributed by atoms with Crippen molar-refractivity contribution in [3.8, 4) is 0 Å². The fourth-order valence-electron chi connectivity index (χ4n) is 4.79. The highest BCUT2D eigenvalue weighted by atomic mass is 15.6. The van der Waals surface area contributed by atoms with E-state index in [1.54, 1.807) is 0 Å². The second kappa shape index (κ2) is 5.56. The van der Waals surface area contributed by atoms with Crippen LogP contribution in [0.4, 0.5) is 0 Å². The van der Waals surface area contributed by atoms with Crippen molar-refractivity contribution in [1.29, 1.82) is 0 Å². The molecule has 3 saturated heterocycles. The van der Waals surface area contributed by atoms with Crippen LogP contribution in [0, 0.1) is 0 Å². The summed E-state index contributed by atoms with van der Waals surface area (Å²) < 4.78 is 0. The summed E-state index contributed by atoms with van der Waals surface area (Å²) in [5.41, 5.74) is 10.3. The van der Waals surface area contributed by atoms with Gasteiger partial charge in [-0.3, -0.25) is 0 Å². The van der Waals surface area contributed by atoms with Crippen LogP contribution in [0.1, 0.15) is 58.8 Å². The van der Waals surface area contributed by atoms with Gasteiger partial charge in [-0.1, -0.05) is 6.42 Å². The smallest absolute Gasteiger partial charge is 0.0478 e. The molecule has 0 aromatic rings. The van der Waals surface area contributed by atoms with Gasteiger partial charge in [-0.05, 0) is 59.4 Å². The number of nitrogens with one attached hydrogen (secondary N) is 1. The van der Waals surface area contributed by atoms with Crippen LogP contribution >= 0.6 is 0 Å². The molecule has 4 nitrogen and oxygen atoms in total. The summed E-state index contributed by atoms with van der Waals surface area (Å²) in [6, 6.07) is 2.75. The summed E-state index contributed by atoms with van der Waals surface area (Å²) >= 11 is 0. The lowest BCUT2D eigenvalue weighted by molar-refractivity contribution is -0.0295. The second-order valence-electron chi connectivity index (χ2n) is 7.59.